The second-order valence-electron chi connectivity index (χ2n) is 7.31. The largest absolute Gasteiger partial charge is 0.380 e. The molecule has 0 bridgehead atoms. The van der Waals surface area contributed by atoms with Gasteiger partial charge >= 0.3 is 0 Å². The van der Waals surface area contributed by atoms with E-state index >= 15 is 0 Å². The van der Waals surface area contributed by atoms with E-state index in [-0.39, 0.29) is 23.5 Å². The molecule has 0 fully saturated rings. The second kappa shape index (κ2) is 12.1. The number of amides is 1. The Morgan fingerprint density at radius 1 is 1.17 bits per heavy atom. The number of aromatic nitrogens is 1. The normalized spacial score (nSPS) is 12.4. The topological polar surface area (TPSA) is 81.0 Å². The van der Waals surface area contributed by atoms with Gasteiger partial charge in [0.1, 0.15) is 0 Å². The van der Waals surface area contributed by atoms with Crippen LogP contribution < -0.4 is 4.80 Å². The van der Waals surface area contributed by atoms with Gasteiger partial charge in [-0.15, -0.1) is 13.2 Å². The Kier molecular flexibility index (Phi) is 9.46. The van der Waals surface area contributed by atoms with E-state index in [4.69, 9.17) is 27.9 Å². The smallest absolute Gasteiger partial charge is 0.279 e. The van der Waals surface area contributed by atoms with Gasteiger partial charge in [-0.05, 0) is 43.3 Å². The lowest BCUT2D eigenvalue weighted by Crippen LogP contribution is -2.31. The molecule has 0 aliphatic carbocycles. The molecule has 0 saturated heterocycles. The number of carbonyl (C=O) groups is 1. The van der Waals surface area contributed by atoms with Crippen molar-refractivity contribution in [3.63, 3.8) is 0 Å². The lowest BCUT2D eigenvalue weighted by Gasteiger charge is -2.19. The number of nitrogens with zero attached hydrogens (tertiary/aromatic N) is 3. The molecule has 0 unspecified atom stereocenters. The van der Waals surface area contributed by atoms with E-state index in [9.17, 15) is 13.2 Å². The van der Waals surface area contributed by atoms with Gasteiger partial charge in [0.15, 0.2) is 4.80 Å². The molecule has 1 heterocycles. The van der Waals surface area contributed by atoms with Crippen molar-refractivity contribution in [3.8, 4) is 0 Å². The maximum atomic E-state index is 13.0. The first-order valence-electron chi connectivity index (χ1n) is 10.7. The van der Waals surface area contributed by atoms with Crippen molar-refractivity contribution < 1.29 is 17.9 Å². The minimum absolute atomic E-state index is 0.0628. The summed E-state index contributed by atoms with van der Waals surface area (Å²) >= 11 is 13.9. The Hall–Kier alpha value is -2.27. The number of carbonyl (C=O) groups excluding carboxylic acids is 1. The third-order valence-corrected chi connectivity index (χ3v) is 8.34. The van der Waals surface area contributed by atoms with Gasteiger partial charge in [0.05, 0.1) is 26.7 Å². The summed E-state index contributed by atoms with van der Waals surface area (Å²) in [6, 6.07) is 9.08. The van der Waals surface area contributed by atoms with Crippen molar-refractivity contribution in [1.29, 1.82) is 0 Å². The molecule has 1 amide bonds. The first-order chi connectivity index (χ1) is 16.7. The van der Waals surface area contributed by atoms with Crippen LogP contribution in [0.2, 0.25) is 10.0 Å². The van der Waals surface area contributed by atoms with Crippen LogP contribution in [0.25, 0.3) is 10.2 Å². The van der Waals surface area contributed by atoms with Crippen molar-refractivity contribution in [2.45, 2.75) is 18.4 Å². The predicted molar refractivity (Wildman–Crippen MR) is 142 cm³/mol. The molecule has 7 nitrogen and oxygen atoms in total. The molecule has 11 heteroatoms. The van der Waals surface area contributed by atoms with E-state index in [2.05, 4.69) is 18.2 Å². The Bertz CT molecular complexity index is 1400. The molecule has 0 radical (unpaired) electrons. The van der Waals surface area contributed by atoms with Gasteiger partial charge in [-0.25, -0.2) is 8.42 Å². The molecule has 0 aliphatic heterocycles. The predicted octanol–water partition coefficient (Wildman–Crippen LogP) is 5.15. The quantitative estimate of drug-likeness (QED) is 0.243. The third kappa shape index (κ3) is 6.30. The van der Waals surface area contributed by atoms with Crippen LogP contribution in [0.3, 0.4) is 0 Å². The molecular weight excluding hydrogens is 529 g/mol. The van der Waals surface area contributed by atoms with E-state index in [1.165, 1.54) is 52.1 Å². The van der Waals surface area contributed by atoms with Crippen molar-refractivity contribution >= 4 is 60.7 Å². The SMILES string of the molecule is C=CCN(CC=C)S(=O)(=O)c1ccc(C(=O)N=c2sc3cc(Cl)cc(Cl)c3n2CCOCC)cc1. The van der Waals surface area contributed by atoms with Gasteiger partial charge in [-0.1, -0.05) is 46.7 Å². The van der Waals surface area contributed by atoms with Crippen molar-refractivity contribution in [3.05, 3.63) is 82.1 Å². The zero-order chi connectivity index (χ0) is 25.6. The lowest BCUT2D eigenvalue weighted by atomic mass is 10.2. The molecule has 0 atom stereocenters. The standard InChI is InChI=1S/C24H25Cl2N3O4S2/c1-4-11-28(12-5-2)35(31,32)19-9-7-17(8-10-19)23(30)27-24-29(13-14-33-6-3)22-20(26)15-18(25)16-21(22)34-24/h4-5,7-10,15-16H,1-2,6,11-14H2,3H3. The summed E-state index contributed by atoms with van der Waals surface area (Å²) in [6.07, 6.45) is 3.01. The van der Waals surface area contributed by atoms with Crippen molar-refractivity contribution in [2.24, 2.45) is 4.99 Å². The van der Waals surface area contributed by atoms with Gasteiger partial charge in [0.25, 0.3) is 5.91 Å². The summed E-state index contributed by atoms with van der Waals surface area (Å²) in [6.45, 7) is 10.8. The van der Waals surface area contributed by atoms with Crippen molar-refractivity contribution in [1.82, 2.24) is 8.87 Å². The molecular formula is C24H25Cl2N3O4S2. The minimum Gasteiger partial charge on any atom is -0.380 e. The van der Waals surface area contributed by atoms with Crippen LogP contribution in [0.15, 0.2) is 71.6 Å². The molecule has 1 aromatic heterocycles. The summed E-state index contributed by atoms with van der Waals surface area (Å²) < 4.78 is 35.1. The maximum absolute atomic E-state index is 13.0. The van der Waals surface area contributed by atoms with Gasteiger partial charge < -0.3 is 9.30 Å². The summed E-state index contributed by atoms with van der Waals surface area (Å²) in [4.78, 5) is 17.8. The van der Waals surface area contributed by atoms with Crippen LogP contribution in [0.4, 0.5) is 0 Å². The fourth-order valence-corrected chi connectivity index (χ4v) is 6.57. The highest BCUT2D eigenvalue weighted by atomic mass is 35.5. The summed E-state index contributed by atoms with van der Waals surface area (Å²) in [5.74, 6) is -0.512. The molecule has 186 valence electrons. The Balaban J connectivity index is 1.99. The molecule has 3 aromatic rings. The molecule has 35 heavy (non-hydrogen) atoms. The number of fused-ring (bicyclic) bond motifs is 1. The third-order valence-electron chi connectivity index (χ3n) is 4.96. The minimum atomic E-state index is -3.77. The number of hydrogen-bond acceptors (Lipinski definition) is 5. The van der Waals surface area contributed by atoms with Crippen LogP contribution in [0.1, 0.15) is 17.3 Å². The van der Waals surface area contributed by atoms with Crippen LogP contribution >= 0.6 is 34.5 Å². The number of sulfonamides is 1. The zero-order valence-corrected chi connectivity index (χ0v) is 22.3. The number of thiazole rings is 1. The fourth-order valence-electron chi connectivity index (χ4n) is 3.35. The van der Waals surface area contributed by atoms with Crippen LogP contribution in [-0.4, -0.2) is 49.5 Å². The Labute approximate surface area is 218 Å². The van der Waals surface area contributed by atoms with Gasteiger partial charge in [0.2, 0.25) is 10.0 Å². The van der Waals surface area contributed by atoms with E-state index in [1.807, 2.05) is 11.5 Å². The van der Waals surface area contributed by atoms with E-state index in [1.54, 1.807) is 12.1 Å². The molecule has 0 N–H and O–H groups in total. The number of hydrogen-bond donors (Lipinski definition) is 0. The number of benzene rings is 2. The summed E-state index contributed by atoms with van der Waals surface area (Å²) in [5, 5.41) is 0.935. The average molecular weight is 555 g/mol. The van der Waals surface area contributed by atoms with E-state index in [0.717, 1.165) is 10.2 Å². The van der Waals surface area contributed by atoms with Crippen LogP contribution in [0, 0.1) is 0 Å². The number of rotatable bonds is 11. The zero-order valence-electron chi connectivity index (χ0n) is 19.1. The maximum Gasteiger partial charge on any atom is 0.279 e. The van der Waals surface area contributed by atoms with Crippen LogP contribution in [0.5, 0.6) is 0 Å². The van der Waals surface area contributed by atoms with Crippen LogP contribution in [-0.2, 0) is 21.3 Å². The summed E-state index contributed by atoms with van der Waals surface area (Å²) in [7, 11) is -3.77. The number of halogens is 2. The lowest BCUT2D eigenvalue weighted by molar-refractivity contribution is 0.0996. The van der Waals surface area contributed by atoms with Gasteiger partial charge in [-0.3, -0.25) is 4.79 Å². The highest BCUT2D eigenvalue weighted by Gasteiger charge is 2.22. The first-order valence-corrected chi connectivity index (χ1v) is 13.7. The fraction of sp³-hybridized carbons (Fsp3) is 0.250. The average Bonchev–Trinajstić information content (AvgIpc) is 3.16. The molecule has 3 rings (SSSR count). The molecule has 0 spiro atoms. The summed E-state index contributed by atoms with van der Waals surface area (Å²) in [5.41, 5.74) is 0.971. The molecule has 2 aromatic carbocycles. The van der Waals surface area contributed by atoms with Gasteiger partial charge in [-0.2, -0.15) is 9.30 Å². The second-order valence-corrected chi connectivity index (χ2v) is 11.1. The highest BCUT2D eigenvalue weighted by molar-refractivity contribution is 7.89. The first kappa shape index (κ1) is 27.3. The number of ether oxygens (including phenoxy) is 1. The van der Waals surface area contributed by atoms with E-state index in [0.29, 0.717) is 34.6 Å². The Morgan fingerprint density at radius 2 is 1.83 bits per heavy atom. The van der Waals surface area contributed by atoms with Crippen molar-refractivity contribution in [2.75, 3.05) is 26.3 Å². The molecule has 0 aliphatic rings. The highest BCUT2D eigenvalue weighted by Crippen LogP contribution is 2.29. The van der Waals surface area contributed by atoms with Gasteiger partial charge in [0, 0.05) is 36.8 Å². The molecule has 0 saturated carbocycles. The Morgan fingerprint density at radius 3 is 2.43 bits per heavy atom. The monoisotopic (exact) mass is 553 g/mol. The van der Waals surface area contributed by atoms with E-state index < -0.39 is 15.9 Å².